The summed E-state index contributed by atoms with van der Waals surface area (Å²) in [4.78, 5) is 0.269. The third-order valence-corrected chi connectivity index (χ3v) is 4.92. The molecule has 0 spiro atoms. The van der Waals surface area contributed by atoms with Gasteiger partial charge in [0.1, 0.15) is 5.75 Å². The highest BCUT2D eigenvalue weighted by atomic mass is 32.2. The van der Waals surface area contributed by atoms with Crippen molar-refractivity contribution < 1.29 is 13.2 Å². The molecule has 1 unspecified atom stereocenters. The molecule has 0 saturated heterocycles. The maximum absolute atomic E-state index is 12.3. The lowest BCUT2D eigenvalue weighted by atomic mass is 9.99. The number of aryl methyl sites for hydroxylation is 1. The van der Waals surface area contributed by atoms with E-state index in [4.69, 9.17) is 10.5 Å². The summed E-state index contributed by atoms with van der Waals surface area (Å²) in [6, 6.07) is 3.12. The van der Waals surface area contributed by atoms with Crippen molar-refractivity contribution >= 4 is 10.0 Å². The van der Waals surface area contributed by atoms with Crippen LogP contribution in [0.15, 0.2) is 17.0 Å². The fraction of sp³-hybridized carbons (Fsp3) is 0.571. The number of sulfonamides is 1. The zero-order chi connectivity index (χ0) is 14.8. The first-order valence-electron chi connectivity index (χ1n) is 6.98. The highest BCUT2D eigenvalue weighted by molar-refractivity contribution is 7.89. The largest absolute Gasteiger partial charge is 0.493 e. The van der Waals surface area contributed by atoms with Gasteiger partial charge in [-0.05, 0) is 31.0 Å². The van der Waals surface area contributed by atoms with E-state index in [1.807, 2.05) is 13.8 Å². The number of nitrogens with one attached hydrogen (secondary N) is 1. The Kier molecular flexibility index (Phi) is 4.67. The van der Waals surface area contributed by atoms with Crippen molar-refractivity contribution in [2.24, 2.45) is 5.73 Å². The van der Waals surface area contributed by atoms with Gasteiger partial charge in [0.05, 0.1) is 11.5 Å². The second kappa shape index (κ2) is 6.11. The highest BCUT2D eigenvalue weighted by Gasteiger charge is 2.24. The average Bonchev–Trinajstić information content (AvgIpc) is 2.40. The van der Waals surface area contributed by atoms with Crippen molar-refractivity contribution in [3.05, 3.63) is 23.3 Å². The fourth-order valence-corrected chi connectivity index (χ4v) is 3.50. The van der Waals surface area contributed by atoms with E-state index in [0.717, 1.165) is 29.7 Å². The number of hydrogen-bond donors (Lipinski definition) is 2. The molecule has 0 bridgehead atoms. The zero-order valence-electron chi connectivity index (χ0n) is 12.0. The van der Waals surface area contributed by atoms with E-state index in [1.165, 1.54) is 0 Å². The number of ether oxygens (including phenoxy) is 1. The molecule has 1 aromatic rings. The van der Waals surface area contributed by atoms with Gasteiger partial charge in [0, 0.05) is 24.6 Å². The summed E-state index contributed by atoms with van der Waals surface area (Å²) < 4.78 is 32.7. The maximum Gasteiger partial charge on any atom is 0.240 e. The van der Waals surface area contributed by atoms with E-state index in [1.54, 1.807) is 12.1 Å². The Hall–Kier alpha value is -1.11. The van der Waals surface area contributed by atoms with Crippen molar-refractivity contribution in [1.29, 1.82) is 0 Å². The minimum Gasteiger partial charge on any atom is -0.493 e. The lowest BCUT2D eigenvalue weighted by Gasteiger charge is -2.25. The molecule has 0 aromatic heterocycles. The normalized spacial score (nSPS) is 18.4. The Bertz CT molecular complexity index is 584. The Morgan fingerprint density at radius 2 is 2.20 bits per heavy atom. The molecule has 0 aliphatic carbocycles. The minimum atomic E-state index is -3.47. The van der Waals surface area contributed by atoms with Gasteiger partial charge in [0.15, 0.2) is 0 Å². The molecule has 1 aliphatic rings. The highest BCUT2D eigenvalue weighted by Crippen LogP contribution is 2.35. The Labute approximate surface area is 120 Å². The second-order valence-electron chi connectivity index (χ2n) is 5.15. The van der Waals surface area contributed by atoms with E-state index in [0.29, 0.717) is 19.6 Å². The van der Waals surface area contributed by atoms with Crippen molar-refractivity contribution in [2.75, 3.05) is 13.2 Å². The number of hydrogen-bond acceptors (Lipinski definition) is 4. The van der Waals surface area contributed by atoms with Gasteiger partial charge in [-0.3, -0.25) is 0 Å². The monoisotopic (exact) mass is 298 g/mol. The van der Waals surface area contributed by atoms with Crippen LogP contribution >= 0.6 is 0 Å². The average molecular weight is 298 g/mol. The molecule has 0 radical (unpaired) electrons. The Morgan fingerprint density at radius 1 is 1.45 bits per heavy atom. The van der Waals surface area contributed by atoms with Gasteiger partial charge in [-0.2, -0.15) is 0 Å². The molecule has 112 valence electrons. The molecule has 6 heteroatoms. The fourth-order valence-electron chi connectivity index (χ4n) is 2.30. The Morgan fingerprint density at radius 3 is 2.90 bits per heavy atom. The lowest BCUT2D eigenvalue weighted by Crippen LogP contribution is -2.26. The molecule has 1 aliphatic heterocycles. The zero-order valence-corrected chi connectivity index (χ0v) is 12.8. The maximum atomic E-state index is 12.3. The molecular weight excluding hydrogens is 276 g/mol. The van der Waals surface area contributed by atoms with Crippen LogP contribution in [0.1, 0.15) is 43.4 Å². The molecule has 1 aromatic carbocycles. The van der Waals surface area contributed by atoms with Crippen molar-refractivity contribution in [1.82, 2.24) is 4.72 Å². The molecule has 1 atom stereocenters. The number of benzene rings is 1. The lowest BCUT2D eigenvalue weighted by molar-refractivity contribution is 0.266. The minimum absolute atomic E-state index is 0.164. The molecule has 0 fully saturated rings. The van der Waals surface area contributed by atoms with Gasteiger partial charge in [-0.15, -0.1) is 0 Å². The van der Waals surface area contributed by atoms with Gasteiger partial charge >= 0.3 is 0 Å². The molecule has 0 saturated carbocycles. The first kappa shape index (κ1) is 15.3. The number of nitrogens with two attached hydrogens (primary N) is 1. The standard InChI is InChI=1S/C14H22N2O3S/c1-3-4-6-16-20(17,18)11-8-10(2)14-12(9-11)13(15)5-7-19-14/h8-9,13,16H,3-7,15H2,1-2H3. The summed E-state index contributed by atoms with van der Waals surface area (Å²) in [5, 5.41) is 0. The van der Waals surface area contributed by atoms with Gasteiger partial charge < -0.3 is 10.5 Å². The smallest absolute Gasteiger partial charge is 0.240 e. The van der Waals surface area contributed by atoms with Crippen LogP contribution in [0.3, 0.4) is 0 Å². The predicted molar refractivity (Wildman–Crippen MR) is 78.3 cm³/mol. The number of rotatable bonds is 5. The van der Waals surface area contributed by atoms with Crippen LogP contribution in [0.2, 0.25) is 0 Å². The van der Waals surface area contributed by atoms with Crippen molar-refractivity contribution in [3.63, 3.8) is 0 Å². The van der Waals surface area contributed by atoms with Crippen LogP contribution in [0.4, 0.5) is 0 Å². The van der Waals surface area contributed by atoms with E-state index >= 15 is 0 Å². The summed E-state index contributed by atoms with van der Waals surface area (Å²) in [6.07, 6.45) is 2.48. The van der Waals surface area contributed by atoms with Gasteiger partial charge in [-0.25, -0.2) is 13.1 Å². The second-order valence-corrected chi connectivity index (χ2v) is 6.92. The first-order valence-corrected chi connectivity index (χ1v) is 8.46. The topological polar surface area (TPSA) is 81.4 Å². The molecular formula is C14H22N2O3S. The summed E-state index contributed by atoms with van der Waals surface area (Å²) in [5.74, 6) is 0.733. The summed E-state index contributed by atoms with van der Waals surface area (Å²) in [7, 11) is -3.47. The molecule has 0 amide bonds. The SMILES string of the molecule is CCCCNS(=O)(=O)c1cc(C)c2c(c1)C(N)CCO2. The summed E-state index contributed by atoms with van der Waals surface area (Å²) >= 11 is 0. The van der Waals surface area contributed by atoms with Crippen molar-refractivity contribution in [3.8, 4) is 5.75 Å². The molecule has 20 heavy (non-hydrogen) atoms. The van der Waals surface area contributed by atoms with Crippen LogP contribution in [-0.2, 0) is 10.0 Å². The first-order chi connectivity index (χ1) is 9.45. The third kappa shape index (κ3) is 3.13. The van der Waals surface area contributed by atoms with Crippen LogP contribution in [0.5, 0.6) is 5.75 Å². The number of fused-ring (bicyclic) bond motifs is 1. The third-order valence-electron chi connectivity index (χ3n) is 3.48. The van der Waals surface area contributed by atoms with Gasteiger partial charge in [0.25, 0.3) is 0 Å². The van der Waals surface area contributed by atoms with E-state index in [-0.39, 0.29) is 10.9 Å². The molecule has 3 N–H and O–H groups in total. The summed E-state index contributed by atoms with van der Waals surface area (Å²) in [6.45, 7) is 4.91. The van der Waals surface area contributed by atoms with Crippen molar-refractivity contribution in [2.45, 2.75) is 44.0 Å². The predicted octanol–water partition coefficient (Wildman–Crippen LogP) is 1.86. The Balaban J connectivity index is 2.34. The van der Waals surface area contributed by atoms with Crippen LogP contribution in [0, 0.1) is 6.92 Å². The van der Waals surface area contributed by atoms with Gasteiger partial charge in [0.2, 0.25) is 10.0 Å². The van der Waals surface area contributed by atoms with Crippen LogP contribution < -0.4 is 15.2 Å². The van der Waals surface area contributed by atoms with E-state index in [2.05, 4.69) is 4.72 Å². The quantitative estimate of drug-likeness (QED) is 0.813. The van der Waals surface area contributed by atoms with Crippen LogP contribution in [0.25, 0.3) is 0 Å². The number of unbranched alkanes of at least 4 members (excludes halogenated alkanes) is 1. The van der Waals surface area contributed by atoms with E-state index < -0.39 is 10.0 Å². The van der Waals surface area contributed by atoms with Crippen LogP contribution in [-0.4, -0.2) is 21.6 Å². The van der Waals surface area contributed by atoms with Gasteiger partial charge in [-0.1, -0.05) is 13.3 Å². The summed E-state index contributed by atoms with van der Waals surface area (Å²) in [5.41, 5.74) is 7.65. The van der Waals surface area contributed by atoms with E-state index in [9.17, 15) is 8.42 Å². The molecule has 5 nitrogen and oxygen atoms in total. The molecule has 2 rings (SSSR count). The molecule has 1 heterocycles.